The number of furan rings is 2. The second kappa shape index (κ2) is 16.1. The van der Waals surface area contributed by atoms with Gasteiger partial charge in [0.05, 0.1) is 29.3 Å². The van der Waals surface area contributed by atoms with Crippen molar-refractivity contribution in [2.75, 3.05) is 0 Å². The number of nitrogens with zero attached hydrogens (tertiary/aromatic N) is 6. The number of benzene rings is 4. The first-order chi connectivity index (χ1) is 29.4. The molecule has 8 aromatic rings. The quantitative estimate of drug-likeness (QED) is 0.129. The van der Waals surface area contributed by atoms with E-state index in [1.165, 1.54) is 5.57 Å². The molecule has 0 aliphatic carbocycles. The van der Waals surface area contributed by atoms with Gasteiger partial charge in [0, 0.05) is 27.3 Å². The van der Waals surface area contributed by atoms with Gasteiger partial charge in [0.2, 0.25) is 0 Å². The molecule has 2 aliphatic heterocycles. The Bertz CT molecular complexity index is 3480. The molecule has 2 aliphatic rings. The monoisotopic (exact) mass is 900 g/mol. The van der Waals surface area contributed by atoms with Crippen molar-refractivity contribution in [2.24, 2.45) is 9.98 Å². The predicted octanol–water partition coefficient (Wildman–Crippen LogP) is 13.5. The summed E-state index contributed by atoms with van der Waals surface area (Å²) in [6, 6.07) is 33.0. The molecule has 0 atom stereocenters. The Kier molecular flexibility index (Phi) is 10.8. The molecule has 0 spiro atoms. The predicted molar refractivity (Wildman–Crippen MR) is 247 cm³/mol. The summed E-state index contributed by atoms with van der Waals surface area (Å²) in [5.41, 5.74) is 20.9. The Balaban J connectivity index is 0.000000168. The van der Waals surface area contributed by atoms with Crippen LogP contribution in [0.25, 0.3) is 59.9 Å². The van der Waals surface area contributed by atoms with E-state index < -0.39 is 0 Å². The number of nitriles is 1. The molecular formula is C53H42N6O2Pd. The third-order valence-corrected chi connectivity index (χ3v) is 12.0. The zero-order valence-electron chi connectivity index (χ0n) is 36.0. The second-order valence-electron chi connectivity index (χ2n) is 15.9. The van der Waals surface area contributed by atoms with Crippen LogP contribution in [0, 0.1) is 45.6 Å². The van der Waals surface area contributed by atoms with E-state index in [1.54, 1.807) is 0 Å². The topological polar surface area (TPSA) is 107 Å². The van der Waals surface area contributed by atoms with E-state index in [-0.39, 0.29) is 20.4 Å². The molecular weight excluding hydrogens is 859 g/mol. The van der Waals surface area contributed by atoms with Gasteiger partial charge in [-0.25, -0.2) is 4.85 Å². The Morgan fingerprint density at radius 3 is 1.58 bits per heavy atom. The van der Waals surface area contributed by atoms with E-state index in [4.69, 9.17) is 35.4 Å². The van der Waals surface area contributed by atoms with Crippen LogP contribution in [0.1, 0.15) is 79.6 Å². The molecule has 0 saturated heterocycles. The summed E-state index contributed by atoms with van der Waals surface area (Å²) >= 11 is 0. The largest absolute Gasteiger partial charge is 2.00 e. The average Bonchev–Trinajstić information content (AvgIpc) is 4.08. The van der Waals surface area contributed by atoms with Gasteiger partial charge < -0.3 is 18.8 Å². The number of aliphatic imine (C=N–C) groups is 2. The average molecular weight is 901 g/mol. The van der Waals surface area contributed by atoms with Crippen LogP contribution in [0.15, 0.2) is 144 Å². The zero-order valence-corrected chi connectivity index (χ0v) is 37.5. The van der Waals surface area contributed by atoms with E-state index in [2.05, 4.69) is 74.2 Å². The summed E-state index contributed by atoms with van der Waals surface area (Å²) in [6.07, 6.45) is 0. The number of rotatable bonds is 4. The molecule has 0 saturated carbocycles. The molecule has 0 fully saturated rings. The number of aromatic nitrogens is 2. The van der Waals surface area contributed by atoms with Gasteiger partial charge in [0.25, 0.3) is 0 Å². The van der Waals surface area contributed by atoms with Gasteiger partial charge in [0.15, 0.2) is 5.69 Å². The second-order valence-corrected chi connectivity index (χ2v) is 15.9. The molecule has 4 aromatic carbocycles. The molecule has 10 rings (SSSR count). The fourth-order valence-corrected chi connectivity index (χ4v) is 8.70. The van der Waals surface area contributed by atoms with Crippen molar-refractivity contribution < 1.29 is 29.3 Å². The van der Waals surface area contributed by atoms with Crippen molar-refractivity contribution in [3.05, 3.63) is 181 Å². The molecule has 4 aromatic heterocycles. The van der Waals surface area contributed by atoms with Crippen LogP contribution in [0.2, 0.25) is 0 Å². The Hall–Kier alpha value is -7.02. The molecule has 8 nitrogen and oxygen atoms in total. The summed E-state index contributed by atoms with van der Waals surface area (Å²) in [4.78, 5) is 23.1. The van der Waals surface area contributed by atoms with Gasteiger partial charge in [-0.3, -0.25) is 9.98 Å². The van der Waals surface area contributed by atoms with Crippen molar-refractivity contribution in [3.63, 3.8) is 0 Å². The zero-order chi connectivity index (χ0) is 42.9. The van der Waals surface area contributed by atoms with Gasteiger partial charge >= 0.3 is 20.4 Å². The maximum absolute atomic E-state index is 9.60. The Labute approximate surface area is 374 Å². The van der Waals surface area contributed by atoms with Gasteiger partial charge in [0.1, 0.15) is 28.4 Å². The van der Waals surface area contributed by atoms with Crippen LogP contribution in [0.5, 0.6) is 0 Å². The third kappa shape index (κ3) is 6.81. The molecule has 9 heteroatoms. The smallest absolute Gasteiger partial charge is 0.671 e. The van der Waals surface area contributed by atoms with E-state index in [0.717, 1.165) is 134 Å². The number of fused-ring (bicyclic) bond motifs is 6. The van der Waals surface area contributed by atoms with Gasteiger partial charge in [-0.1, -0.05) is 86.5 Å². The first kappa shape index (κ1) is 41.7. The molecule has 0 N–H and O–H groups in total. The minimum Gasteiger partial charge on any atom is -0.671 e. The summed E-state index contributed by atoms with van der Waals surface area (Å²) < 4.78 is 12.0. The van der Waals surface area contributed by atoms with Crippen LogP contribution >= 0.6 is 0 Å². The minimum atomic E-state index is 0. The van der Waals surface area contributed by atoms with Crippen LogP contribution in [-0.4, -0.2) is 11.4 Å². The fourth-order valence-electron chi connectivity index (χ4n) is 8.70. The Morgan fingerprint density at radius 1 is 0.597 bits per heavy atom. The standard InChI is InChI=1S/C27H22N3O.C26H20N3O.Pd/c1-14-15(2)26(29-17(14)4)24(27-16(3)25(28-6)18(5)30-27)19-11-12-23-21(13-19)20-9-7-8-10-22(20)31-23;1-14-11-15(2)28-25(14)24(26-16(3)21(13-27)17(4)29-26)18-9-10-23-20(12-18)19-7-5-6-8-22(19)30-23;/h7-13H,1-5H3;5-12H,1-4H3;/q2*-1;+2/b2*26-24-;. The molecule has 0 amide bonds. The number of para-hydroxylation sites is 2. The first-order valence-electron chi connectivity index (χ1n) is 20.2. The summed E-state index contributed by atoms with van der Waals surface area (Å²) in [5.74, 6) is 0. The van der Waals surface area contributed by atoms with E-state index in [9.17, 15) is 5.26 Å². The summed E-state index contributed by atoms with van der Waals surface area (Å²) in [7, 11) is 0. The Morgan fingerprint density at radius 2 is 1.11 bits per heavy atom. The van der Waals surface area contributed by atoms with Crippen LogP contribution in [0.4, 0.5) is 5.69 Å². The van der Waals surface area contributed by atoms with Crippen molar-refractivity contribution in [1.29, 1.82) is 5.26 Å². The molecule has 0 unspecified atom stereocenters. The van der Waals surface area contributed by atoms with E-state index >= 15 is 0 Å². The van der Waals surface area contributed by atoms with Crippen LogP contribution in [0.3, 0.4) is 0 Å². The number of aryl methyl sites for hydroxylation is 3. The van der Waals surface area contributed by atoms with Crippen molar-refractivity contribution in [2.45, 2.75) is 62.3 Å². The molecule has 62 heavy (non-hydrogen) atoms. The van der Waals surface area contributed by atoms with Crippen molar-refractivity contribution in [1.82, 2.24) is 9.97 Å². The molecule has 0 bridgehead atoms. The third-order valence-electron chi connectivity index (χ3n) is 12.0. The van der Waals surface area contributed by atoms with Crippen molar-refractivity contribution in [3.8, 4) is 6.07 Å². The minimum absolute atomic E-state index is 0. The van der Waals surface area contributed by atoms with Gasteiger partial charge in [-0.2, -0.15) is 16.6 Å². The first-order valence-corrected chi connectivity index (χ1v) is 20.2. The number of hydrogen-bond acceptors (Lipinski definition) is 5. The SMILES string of the molecule is CC1=N/C(=C(/c2ccc3oc4ccccc4c3c2)c2[n-]c(C)cc2C)C(C)=C1C#N.[C-]#[N+]c1c(C)[n-]c(/C(=C2\N=C(C)C(C)=C2C)c2ccc3oc4ccccc4c3c2)c1C.[Pd+2]. The fraction of sp³-hybridized carbons (Fsp3) is 0.170. The van der Waals surface area contributed by atoms with Crippen LogP contribution < -0.4 is 9.97 Å². The molecule has 306 valence electrons. The normalized spacial score (nSPS) is 15.5. The number of allylic oxidation sites excluding steroid dienone is 4. The van der Waals surface area contributed by atoms with E-state index in [1.807, 2.05) is 90.1 Å². The number of hydrogen-bond donors (Lipinski definition) is 0. The van der Waals surface area contributed by atoms with Gasteiger partial charge in [-0.05, 0) is 117 Å². The van der Waals surface area contributed by atoms with Crippen LogP contribution in [-0.2, 0) is 20.4 Å². The molecule has 6 heterocycles. The van der Waals surface area contributed by atoms with Gasteiger partial charge in [-0.15, -0.1) is 11.4 Å². The maximum atomic E-state index is 9.60. The summed E-state index contributed by atoms with van der Waals surface area (Å²) in [5, 5.41) is 13.9. The van der Waals surface area contributed by atoms with E-state index in [0.29, 0.717) is 11.3 Å². The van der Waals surface area contributed by atoms with Crippen molar-refractivity contribution >= 4 is 72.1 Å². The molecule has 0 radical (unpaired) electrons. The maximum Gasteiger partial charge on any atom is 2.00 e. The summed E-state index contributed by atoms with van der Waals surface area (Å²) in [6.45, 7) is 25.6.